The molecule has 0 aromatic heterocycles. The van der Waals surface area contributed by atoms with Crippen molar-refractivity contribution in [1.29, 1.82) is 0 Å². The molecule has 4 rings (SSSR count). The van der Waals surface area contributed by atoms with Gasteiger partial charge in [0.1, 0.15) is 0 Å². The first-order valence-electron chi connectivity index (χ1n) is 9.54. The molecule has 1 saturated heterocycles. The molecule has 1 aromatic carbocycles. The number of hydrogen-bond donors (Lipinski definition) is 0. The predicted molar refractivity (Wildman–Crippen MR) is 109 cm³/mol. The average Bonchev–Trinajstić information content (AvgIpc) is 3.11. The molecular weight excluding hydrogens is 397 g/mol. The van der Waals surface area contributed by atoms with Gasteiger partial charge in [0, 0.05) is 35.9 Å². The summed E-state index contributed by atoms with van der Waals surface area (Å²) in [6.07, 6.45) is 2.96. The van der Waals surface area contributed by atoms with Gasteiger partial charge in [-0.25, -0.2) is 4.79 Å². The van der Waals surface area contributed by atoms with Crippen LogP contribution in [0.4, 0.5) is 0 Å². The standard InChI is InChI=1S/C22H23Cl2NO3/c1-22(2)10-15-18(16(26)11-22)17(12-6-4-7-13(23)20(12)24)19(21(27)28-3)14-8-5-9-25(14)15/h4,6-7,17H,5,8-11H2,1-3H3. The van der Waals surface area contributed by atoms with Crippen molar-refractivity contribution in [3.05, 3.63) is 56.3 Å². The molecule has 1 aliphatic carbocycles. The second kappa shape index (κ2) is 6.93. The van der Waals surface area contributed by atoms with Gasteiger partial charge in [-0.3, -0.25) is 4.79 Å². The molecule has 2 aliphatic heterocycles. The lowest BCUT2D eigenvalue weighted by atomic mass is 9.68. The molecule has 0 spiro atoms. The molecule has 0 amide bonds. The van der Waals surface area contributed by atoms with Crippen LogP contribution < -0.4 is 0 Å². The topological polar surface area (TPSA) is 46.6 Å². The van der Waals surface area contributed by atoms with E-state index in [1.807, 2.05) is 12.1 Å². The number of carbonyl (C=O) groups is 2. The fraction of sp³-hybridized carbons (Fsp3) is 0.455. The van der Waals surface area contributed by atoms with E-state index >= 15 is 0 Å². The van der Waals surface area contributed by atoms with Gasteiger partial charge in [0.25, 0.3) is 0 Å². The van der Waals surface area contributed by atoms with Crippen LogP contribution in [0.5, 0.6) is 0 Å². The zero-order chi connectivity index (χ0) is 20.2. The summed E-state index contributed by atoms with van der Waals surface area (Å²) >= 11 is 12.9. The minimum atomic E-state index is -0.540. The van der Waals surface area contributed by atoms with E-state index in [1.165, 1.54) is 7.11 Å². The minimum absolute atomic E-state index is 0.0691. The summed E-state index contributed by atoms with van der Waals surface area (Å²) in [5.41, 5.74) is 3.76. The Balaban J connectivity index is 2.01. The van der Waals surface area contributed by atoms with Crippen LogP contribution in [0.1, 0.15) is 51.0 Å². The van der Waals surface area contributed by atoms with Crippen LogP contribution in [0.2, 0.25) is 10.0 Å². The summed E-state index contributed by atoms with van der Waals surface area (Å²) in [4.78, 5) is 28.4. The van der Waals surface area contributed by atoms with Gasteiger partial charge in [-0.15, -0.1) is 0 Å². The van der Waals surface area contributed by atoms with Crippen molar-refractivity contribution < 1.29 is 14.3 Å². The van der Waals surface area contributed by atoms with Crippen LogP contribution in [-0.4, -0.2) is 30.3 Å². The number of hydrogen-bond acceptors (Lipinski definition) is 4. The van der Waals surface area contributed by atoms with Gasteiger partial charge >= 0.3 is 5.97 Å². The fourth-order valence-electron chi connectivity index (χ4n) is 4.83. The van der Waals surface area contributed by atoms with Gasteiger partial charge in [0.2, 0.25) is 0 Å². The van der Waals surface area contributed by atoms with Gasteiger partial charge in [-0.1, -0.05) is 49.2 Å². The Morgan fingerprint density at radius 1 is 1.21 bits per heavy atom. The molecule has 1 atom stereocenters. The number of esters is 1. The molecule has 148 valence electrons. The number of halogens is 2. The minimum Gasteiger partial charge on any atom is -0.466 e. The predicted octanol–water partition coefficient (Wildman–Crippen LogP) is 5.26. The Bertz CT molecular complexity index is 945. The van der Waals surface area contributed by atoms with Crippen LogP contribution >= 0.6 is 23.2 Å². The van der Waals surface area contributed by atoms with Gasteiger partial charge in [0.05, 0.1) is 22.7 Å². The molecular formula is C22H23Cl2NO3. The highest BCUT2D eigenvalue weighted by Gasteiger charge is 2.47. The molecule has 0 N–H and O–H groups in total. The first kappa shape index (κ1) is 19.5. The van der Waals surface area contributed by atoms with Gasteiger partial charge in [-0.05, 0) is 36.3 Å². The van der Waals surface area contributed by atoms with Crippen molar-refractivity contribution in [2.75, 3.05) is 13.7 Å². The summed E-state index contributed by atoms with van der Waals surface area (Å²) in [6, 6.07) is 5.37. The van der Waals surface area contributed by atoms with E-state index in [0.717, 1.165) is 37.2 Å². The first-order chi connectivity index (χ1) is 13.2. The lowest BCUT2D eigenvalue weighted by Crippen LogP contribution is -2.39. The van der Waals surface area contributed by atoms with Crippen molar-refractivity contribution in [2.45, 2.75) is 45.4 Å². The number of ether oxygens (including phenoxy) is 1. The maximum Gasteiger partial charge on any atom is 0.336 e. The zero-order valence-corrected chi connectivity index (χ0v) is 17.8. The summed E-state index contributed by atoms with van der Waals surface area (Å²) in [5.74, 6) is -0.881. The number of rotatable bonds is 2. The Kier molecular flexibility index (Phi) is 4.83. The van der Waals surface area contributed by atoms with Crippen LogP contribution in [0, 0.1) is 5.41 Å². The van der Waals surface area contributed by atoms with E-state index in [9.17, 15) is 9.59 Å². The Labute approximate surface area is 175 Å². The molecule has 6 heteroatoms. The normalized spacial score (nSPS) is 23.7. The Hall–Kier alpha value is -1.78. The number of nitrogens with zero attached hydrogens (tertiary/aromatic N) is 1. The number of ketones is 1. The van der Waals surface area contributed by atoms with Crippen LogP contribution in [0.15, 0.2) is 40.7 Å². The summed E-state index contributed by atoms with van der Waals surface area (Å²) in [5, 5.41) is 0.792. The van der Waals surface area contributed by atoms with Crippen molar-refractivity contribution in [3.8, 4) is 0 Å². The van der Waals surface area contributed by atoms with E-state index in [-0.39, 0.29) is 11.2 Å². The first-order valence-corrected chi connectivity index (χ1v) is 10.3. The van der Waals surface area contributed by atoms with E-state index in [0.29, 0.717) is 33.2 Å². The number of methoxy groups -OCH3 is 1. The van der Waals surface area contributed by atoms with Crippen molar-refractivity contribution >= 4 is 35.0 Å². The summed E-state index contributed by atoms with van der Waals surface area (Å²) in [7, 11) is 1.38. The molecule has 4 nitrogen and oxygen atoms in total. The van der Waals surface area contributed by atoms with E-state index in [4.69, 9.17) is 27.9 Å². The number of Topliss-reactive ketones (excluding diaryl/α,β-unsaturated/α-hetero) is 1. The molecule has 1 unspecified atom stereocenters. The smallest absolute Gasteiger partial charge is 0.336 e. The maximum absolute atomic E-state index is 13.3. The summed E-state index contributed by atoms with van der Waals surface area (Å²) < 4.78 is 5.14. The lowest BCUT2D eigenvalue weighted by Gasteiger charge is -2.43. The van der Waals surface area contributed by atoms with Gasteiger partial charge in [-0.2, -0.15) is 0 Å². The van der Waals surface area contributed by atoms with Gasteiger partial charge < -0.3 is 9.64 Å². The lowest BCUT2D eigenvalue weighted by molar-refractivity contribution is -0.136. The average molecular weight is 420 g/mol. The van der Waals surface area contributed by atoms with Crippen LogP contribution in [-0.2, 0) is 14.3 Å². The largest absolute Gasteiger partial charge is 0.466 e. The third-order valence-electron chi connectivity index (χ3n) is 5.93. The molecule has 28 heavy (non-hydrogen) atoms. The zero-order valence-electron chi connectivity index (χ0n) is 16.3. The second-order valence-electron chi connectivity index (χ2n) is 8.48. The maximum atomic E-state index is 13.3. The van der Waals surface area contributed by atoms with Gasteiger partial charge in [0.15, 0.2) is 5.78 Å². The molecule has 2 heterocycles. The Morgan fingerprint density at radius 2 is 1.96 bits per heavy atom. The van der Waals surface area contributed by atoms with E-state index in [1.54, 1.807) is 6.07 Å². The van der Waals surface area contributed by atoms with E-state index < -0.39 is 11.9 Å². The fourth-order valence-corrected chi connectivity index (χ4v) is 5.25. The van der Waals surface area contributed by atoms with Crippen molar-refractivity contribution in [1.82, 2.24) is 4.90 Å². The number of fused-ring (bicyclic) bond motifs is 2. The highest BCUT2D eigenvalue weighted by atomic mass is 35.5. The van der Waals surface area contributed by atoms with E-state index in [2.05, 4.69) is 18.7 Å². The number of carbonyl (C=O) groups excluding carboxylic acids is 2. The van der Waals surface area contributed by atoms with Crippen molar-refractivity contribution in [2.24, 2.45) is 5.41 Å². The Morgan fingerprint density at radius 3 is 2.68 bits per heavy atom. The molecule has 0 bridgehead atoms. The highest BCUT2D eigenvalue weighted by molar-refractivity contribution is 6.42. The van der Waals surface area contributed by atoms with Crippen molar-refractivity contribution in [3.63, 3.8) is 0 Å². The highest BCUT2D eigenvalue weighted by Crippen LogP contribution is 2.53. The SMILES string of the molecule is COC(=O)C1=C2CCCN2C2=C(C(=O)CC(C)(C)C2)C1c1cccc(Cl)c1Cl. The number of benzene rings is 1. The molecule has 1 aromatic rings. The quantitative estimate of drug-likeness (QED) is 0.613. The molecule has 1 fully saturated rings. The molecule has 0 radical (unpaired) electrons. The molecule has 0 saturated carbocycles. The third-order valence-corrected chi connectivity index (χ3v) is 6.76. The third kappa shape index (κ3) is 2.98. The van der Waals surface area contributed by atoms with Crippen LogP contribution in [0.3, 0.4) is 0 Å². The summed E-state index contributed by atoms with van der Waals surface area (Å²) in [6.45, 7) is 5.05. The second-order valence-corrected chi connectivity index (χ2v) is 9.27. The molecule has 3 aliphatic rings. The van der Waals surface area contributed by atoms with Crippen LogP contribution in [0.25, 0.3) is 0 Å². The number of allylic oxidation sites excluding steroid dienone is 3. The monoisotopic (exact) mass is 419 g/mol.